The molecule has 234 valence electrons. The largest absolute Gasteiger partial charge is 0.465 e. The predicted molar refractivity (Wildman–Crippen MR) is 169 cm³/mol. The average molecular weight is 626 g/mol. The molecule has 2 fully saturated rings. The molecule has 2 aliphatic heterocycles. The molecule has 0 saturated carbocycles. The summed E-state index contributed by atoms with van der Waals surface area (Å²) in [6.07, 6.45) is 1.86. The Balaban J connectivity index is 1.35. The van der Waals surface area contributed by atoms with Crippen molar-refractivity contribution in [3.8, 4) is 0 Å². The topological polar surface area (TPSA) is 123 Å². The number of carbonyl (C=O) groups is 2. The lowest BCUT2D eigenvalue weighted by atomic mass is 9.84. The highest BCUT2D eigenvalue weighted by Gasteiger charge is 2.38. The lowest BCUT2D eigenvalue weighted by molar-refractivity contribution is 0.0748. The minimum Gasteiger partial charge on any atom is -0.465 e. The highest BCUT2D eigenvalue weighted by molar-refractivity contribution is 6.34. The summed E-state index contributed by atoms with van der Waals surface area (Å²) in [7, 11) is 1.79. The van der Waals surface area contributed by atoms with Gasteiger partial charge in [0.1, 0.15) is 23.4 Å². The van der Waals surface area contributed by atoms with Crippen molar-refractivity contribution in [2.24, 2.45) is 5.41 Å². The number of hydrogen-bond acceptors (Lipinski definition) is 8. The van der Waals surface area contributed by atoms with Crippen molar-refractivity contribution < 1.29 is 23.8 Å². The van der Waals surface area contributed by atoms with Crippen molar-refractivity contribution in [1.82, 2.24) is 14.9 Å². The second kappa shape index (κ2) is 12.8. The van der Waals surface area contributed by atoms with Gasteiger partial charge in [-0.05, 0) is 54.7 Å². The van der Waals surface area contributed by atoms with E-state index in [9.17, 15) is 19.1 Å². The molecule has 44 heavy (non-hydrogen) atoms. The van der Waals surface area contributed by atoms with E-state index in [1.807, 2.05) is 24.3 Å². The van der Waals surface area contributed by atoms with Crippen LogP contribution >= 0.6 is 11.6 Å². The van der Waals surface area contributed by atoms with Crippen molar-refractivity contribution >= 4 is 52.4 Å². The number of para-hydroxylation sites is 1. The maximum Gasteiger partial charge on any atom is 0.407 e. The molecule has 2 atom stereocenters. The maximum absolute atomic E-state index is 14.4. The van der Waals surface area contributed by atoms with Crippen LogP contribution < -0.4 is 20.4 Å². The molecular formula is C31H37ClFN7O4. The van der Waals surface area contributed by atoms with E-state index in [1.54, 1.807) is 11.9 Å². The summed E-state index contributed by atoms with van der Waals surface area (Å²) in [6, 6.07) is 11.8. The summed E-state index contributed by atoms with van der Waals surface area (Å²) < 4.78 is 20.2. The quantitative estimate of drug-likeness (QED) is 0.288. The lowest BCUT2D eigenvalue weighted by Gasteiger charge is -2.46. The first-order chi connectivity index (χ1) is 20.9. The third-order valence-electron chi connectivity index (χ3n) is 8.00. The Morgan fingerprint density at radius 1 is 1.16 bits per heavy atom. The van der Waals surface area contributed by atoms with Gasteiger partial charge in [-0.15, -0.1) is 0 Å². The smallest absolute Gasteiger partial charge is 0.407 e. The van der Waals surface area contributed by atoms with Crippen LogP contribution in [0.3, 0.4) is 0 Å². The van der Waals surface area contributed by atoms with Crippen LogP contribution in [-0.4, -0.2) is 77.5 Å². The van der Waals surface area contributed by atoms with E-state index in [-0.39, 0.29) is 39.9 Å². The van der Waals surface area contributed by atoms with Crippen molar-refractivity contribution in [1.29, 1.82) is 0 Å². The fourth-order valence-electron chi connectivity index (χ4n) is 5.54. The van der Waals surface area contributed by atoms with E-state index in [2.05, 4.69) is 46.3 Å². The van der Waals surface area contributed by atoms with Gasteiger partial charge in [-0.1, -0.05) is 38.4 Å². The van der Waals surface area contributed by atoms with Gasteiger partial charge in [-0.2, -0.15) is 4.98 Å². The number of hydrogen-bond donors (Lipinski definition) is 3. The van der Waals surface area contributed by atoms with Gasteiger partial charge in [0.2, 0.25) is 5.95 Å². The molecule has 0 spiro atoms. The molecule has 3 N–H and O–H groups in total. The SMILES string of the molecule is CN(c1nc(Nc2ccc(N3CCN(C(=O)O)C(C(C)(C)C)C3)cc2)ncc1C(=O)Nc1c(F)cccc1Cl)C1CCCO1. The summed E-state index contributed by atoms with van der Waals surface area (Å²) >= 11 is 6.13. The number of anilines is 5. The summed E-state index contributed by atoms with van der Waals surface area (Å²) in [5.74, 6) is -0.675. The number of amides is 2. The minimum atomic E-state index is -0.895. The molecule has 11 nitrogen and oxygen atoms in total. The molecule has 0 bridgehead atoms. The van der Waals surface area contributed by atoms with Gasteiger partial charge in [0.05, 0.1) is 16.8 Å². The van der Waals surface area contributed by atoms with Gasteiger partial charge in [0.15, 0.2) is 0 Å². The monoisotopic (exact) mass is 625 g/mol. The number of halogens is 2. The second-order valence-corrected chi connectivity index (χ2v) is 12.4. The number of rotatable bonds is 7. The molecule has 3 aromatic rings. The number of benzene rings is 2. The molecule has 2 saturated heterocycles. The summed E-state index contributed by atoms with van der Waals surface area (Å²) in [6.45, 7) is 8.37. The summed E-state index contributed by atoms with van der Waals surface area (Å²) in [4.78, 5) is 39.7. The normalized spacial score (nSPS) is 18.7. The van der Waals surface area contributed by atoms with Crippen LogP contribution in [0.15, 0.2) is 48.7 Å². The zero-order valence-electron chi connectivity index (χ0n) is 25.2. The standard InChI is InChI=1S/C31H37ClFN7O4/c1-31(2,3)24-18-39(14-15-40(24)30(42)43)20-12-10-19(11-13-20)35-29-34-17-21(27(37-29)38(4)25-9-6-16-44-25)28(41)36-26-22(32)7-5-8-23(26)33/h5,7-8,10-13,17,24-25H,6,9,14-16,18H2,1-4H3,(H,36,41)(H,42,43)(H,34,35,37). The van der Waals surface area contributed by atoms with Gasteiger partial charge in [-0.25, -0.2) is 14.2 Å². The molecular weight excluding hydrogens is 589 g/mol. The Labute approximate surface area is 261 Å². The van der Waals surface area contributed by atoms with E-state index in [4.69, 9.17) is 16.3 Å². The zero-order chi connectivity index (χ0) is 31.6. The molecule has 0 aliphatic carbocycles. The third-order valence-corrected chi connectivity index (χ3v) is 8.32. The van der Waals surface area contributed by atoms with Crippen molar-refractivity contribution in [2.75, 3.05) is 53.7 Å². The van der Waals surface area contributed by atoms with Crippen LogP contribution in [0.4, 0.5) is 38.0 Å². The van der Waals surface area contributed by atoms with Crippen LogP contribution in [0.25, 0.3) is 0 Å². The molecule has 2 unspecified atom stereocenters. The van der Waals surface area contributed by atoms with Gasteiger partial charge < -0.3 is 35.2 Å². The molecule has 2 aromatic carbocycles. The predicted octanol–water partition coefficient (Wildman–Crippen LogP) is 6.05. The van der Waals surface area contributed by atoms with Crippen LogP contribution in [0.2, 0.25) is 5.02 Å². The fraction of sp³-hybridized carbons (Fsp3) is 0.419. The van der Waals surface area contributed by atoms with Crippen molar-refractivity contribution in [3.05, 3.63) is 65.1 Å². The van der Waals surface area contributed by atoms with Gasteiger partial charge in [-0.3, -0.25) is 4.79 Å². The molecule has 1 aromatic heterocycles. The molecule has 13 heteroatoms. The first-order valence-electron chi connectivity index (χ1n) is 14.5. The molecule has 3 heterocycles. The molecule has 5 rings (SSSR count). The van der Waals surface area contributed by atoms with Gasteiger partial charge >= 0.3 is 6.09 Å². The lowest BCUT2D eigenvalue weighted by Crippen LogP contribution is -2.59. The van der Waals surface area contributed by atoms with E-state index in [0.717, 1.165) is 24.2 Å². The summed E-state index contributed by atoms with van der Waals surface area (Å²) in [5, 5.41) is 15.5. The number of carbonyl (C=O) groups excluding carboxylic acids is 1. The molecule has 2 amide bonds. The number of nitrogens with one attached hydrogen (secondary N) is 2. The first kappa shape index (κ1) is 31.3. The Morgan fingerprint density at radius 2 is 1.91 bits per heavy atom. The highest BCUT2D eigenvalue weighted by Crippen LogP contribution is 2.32. The van der Waals surface area contributed by atoms with E-state index >= 15 is 0 Å². The Bertz CT molecular complexity index is 1490. The van der Waals surface area contributed by atoms with Crippen molar-refractivity contribution in [3.63, 3.8) is 0 Å². The molecule has 2 aliphatic rings. The zero-order valence-corrected chi connectivity index (χ0v) is 25.9. The van der Waals surface area contributed by atoms with Crippen LogP contribution in [0.1, 0.15) is 44.0 Å². The number of carboxylic acid groups (broad SMARTS) is 1. The number of nitrogens with zero attached hydrogens (tertiary/aromatic N) is 5. The number of aromatic nitrogens is 2. The number of piperazine rings is 1. The number of ether oxygens (including phenoxy) is 1. The molecule has 0 radical (unpaired) electrons. The first-order valence-corrected chi connectivity index (χ1v) is 14.9. The Kier molecular flexibility index (Phi) is 9.12. The van der Waals surface area contributed by atoms with E-state index in [0.29, 0.717) is 32.1 Å². The van der Waals surface area contributed by atoms with Gasteiger partial charge in [0, 0.05) is 50.9 Å². The third kappa shape index (κ3) is 6.81. The summed E-state index contributed by atoms with van der Waals surface area (Å²) in [5.41, 5.74) is 1.51. The average Bonchev–Trinajstić information content (AvgIpc) is 3.53. The van der Waals surface area contributed by atoms with E-state index < -0.39 is 17.8 Å². The van der Waals surface area contributed by atoms with Crippen LogP contribution in [0.5, 0.6) is 0 Å². The highest BCUT2D eigenvalue weighted by atomic mass is 35.5. The Morgan fingerprint density at radius 3 is 2.55 bits per heavy atom. The van der Waals surface area contributed by atoms with Crippen LogP contribution in [-0.2, 0) is 4.74 Å². The minimum absolute atomic E-state index is 0.0766. The van der Waals surface area contributed by atoms with Gasteiger partial charge in [0.25, 0.3) is 5.91 Å². The second-order valence-electron chi connectivity index (χ2n) is 12.0. The van der Waals surface area contributed by atoms with Crippen LogP contribution in [0, 0.1) is 11.2 Å². The fourth-order valence-corrected chi connectivity index (χ4v) is 5.75. The van der Waals surface area contributed by atoms with Crippen molar-refractivity contribution in [2.45, 2.75) is 45.9 Å². The maximum atomic E-state index is 14.4. The van der Waals surface area contributed by atoms with E-state index in [1.165, 1.54) is 29.3 Å². The Hall–Kier alpha value is -4.16.